The van der Waals surface area contributed by atoms with Gasteiger partial charge in [0.2, 0.25) is 5.91 Å². The van der Waals surface area contributed by atoms with Crippen LogP contribution >= 0.6 is 0 Å². The van der Waals surface area contributed by atoms with Gasteiger partial charge in [-0.15, -0.1) is 0 Å². The van der Waals surface area contributed by atoms with Crippen LogP contribution in [0.3, 0.4) is 0 Å². The molecule has 8 rings (SSSR count). The Kier molecular flexibility index (Phi) is 12.7. The molecule has 0 aliphatic carbocycles. The van der Waals surface area contributed by atoms with E-state index in [0.29, 0.717) is 48.7 Å². The average molecular weight is 742 g/mol. The highest BCUT2D eigenvalue weighted by atomic mass is 16.5. The van der Waals surface area contributed by atoms with E-state index >= 15 is 0 Å². The molecule has 0 saturated carbocycles. The molecule has 3 unspecified atom stereocenters. The Morgan fingerprint density at radius 3 is 1.83 bits per heavy atom. The number of piperazine rings is 2. The van der Waals surface area contributed by atoms with Crippen molar-refractivity contribution >= 4 is 23.0 Å². The highest BCUT2D eigenvalue weighted by Gasteiger charge is 2.37. The molecule has 1 N–H and O–H groups in total. The monoisotopic (exact) mass is 741 g/mol. The summed E-state index contributed by atoms with van der Waals surface area (Å²) in [7, 11) is 4.13. The Morgan fingerprint density at radius 2 is 1.22 bits per heavy atom. The number of hydrogen-bond acceptors (Lipinski definition) is 9. The number of likely N-dealkylation sites (N-methyl/N-ethyl adjacent to an activating group) is 2. The summed E-state index contributed by atoms with van der Waals surface area (Å²) in [5.74, 6) is 3.93. The molecule has 3 fully saturated rings. The maximum Gasteiger partial charge on any atom is 0.241 e. The van der Waals surface area contributed by atoms with Gasteiger partial charge >= 0.3 is 0 Å². The van der Waals surface area contributed by atoms with Crippen LogP contribution in [0.25, 0.3) is 0 Å². The van der Waals surface area contributed by atoms with Crippen LogP contribution in [0.15, 0.2) is 54.6 Å². The molecule has 0 aromatic heterocycles. The van der Waals surface area contributed by atoms with Crippen LogP contribution in [-0.4, -0.2) is 119 Å². The molecule has 5 heterocycles. The van der Waals surface area contributed by atoms with Gasteiger partial charge in [-0.05, 0) is 91.9 Å². The molecular weight excluding hydrogens is 679 g/mol. The SMILES string of the molecule is CC(C)c1ccc(N2CCN(C)CC2C)c(O)c1.CC(C)c1ccc2c(c1)OCC1CN(C)CC(=O)N21.CC(C)c1ccc2c(c1)OCC1COCCN21. The fourth-order valence-electron chi connectivity index (χ4n) is 8.04. The highest BCUT2D eigenvalue weighted by Crippen LogP contribution is 2.39. The number of ether oxygens (including phenoxy) is 3. The fraction of sp³-hybridized carbons (Fsp3) is 0.568. The summed E-state index contributed by atoms with van der Waals surface area (Å²) in [5, 5.41) is 10.2. The first-order chi connectivity index (χ1) is 25.8. The van der Waals surface area contributed by atoms with Gasteiger partial charge in [0.1, 0.15) is 30.5 Å². The van der Waals surface area contributed by atoms with Gasteiger partial charge < -0.3 is 38.9 Å². The topological polar surface area (TPSA) is 81.2 Å². The summed E-state index contributed by atoms with van der Waals surface area (Å²) in [6.07, 6.45) is 0. The molecule has 3 atom stereocenters. The zero-order valence-corrected chi connectivity index (χ0v) is 34.0. The first kappa shape index (κ1) is 39.7. The normalized spacial score (nSPS) is 22.6. The van der Waals surface area contributed by atoms with Gasteiger partial charge in [-0.1, -0.05) is 59.7 Å². The quantitative estimate of drug-likeness (QED) is 0.307. The Morgan fingerprint density at radius 1 is 0.648 bits per heavy atom. The average Bonchev–Trinajstić information content (AvgIpc) is 3.14. The van der Waals surface area contributed by atoms with Crippen molar-refractivity contribution in [2.45, 2.75) is 84.3 Å². The molecule has 0 radical (unpaired) electrons. The standard InChI is InChI=1S/C15H20N2O2.C15H24N2O.C14H19NO2/c1-10(2)11-4-5-13-14(6-11)19-9-12-7-16(3)8-15(18)17(12)13;1-11(2)13-5-6-14(15(18)9-13)17-8-7-16(4)10-12(17)3;1-10(2)11-3-4-13-14(7-11)17-9-12-8-16-6-5-15(12)13/h4-6,10,12H,7-9H2,1-3H3;5-6,9,11-12,18H,7-8,10H2,1-4H3;3-4,7,10,12H,5-6,8-9H2,1-2H3. The molecule has 54 heavy (non-hydrogen) atoms. The second-order valence-electron chi connectivity index (χ2n) is 16.6. The van der Waals surface area contributed by atoms with Gasteiger partial charge in [0.25, 0.3) is 0 Å². The predicted octanol–water partition coefficient (Wildman–Crippen LogP) is 6.91. The summed E-state index contributed by atoms with van der Waals surface area (Å²) in [6, 6.07) is 19.9. The number of nitrogens with zero attached hydrogens (tertiary/aromatic N) is 5. The summed E-state index contributed by atoms with van der Waals surface area (Å²) in [6.45, 7) is 23.6. The Hall–Kier alpha value is -3.99. The number of phenols is 1. The van der Waals surface area contributed by atoms with Crippen LogP contribution in [0.2, 0.25) is 0 Å². The number of carbonyl (C=O) groups is 1. The number of hydrogen-bond donors (Lipinski definition) is 1. The van der Waals surface area contributed by atoms with Crippen molar-refractivity contribution < 1.29 is 24.1 Å². The number of carbonyl (C=O) groups excluding carboxylic acids is 1. The van der Waals surface area contributed by atoms with Crippen molar-refractivity contribution in [3.63, 3.8) is 0 Å². The summed E-state index contributed by atoms with van der Waals surface area (Å²) < 4.78 is 17.2. The maximum atomic E-state index is 12.2. The first-order valence-corrected chi connectivity index (χ1v) is 20.0. The lowest BCUT2D eigenvalue weighted by molar-refractivity contribution is -0.122. The molecule has 3 aromatic carbocycles. The van der Waals surface area contributed by atoms with E-state index in [1.165, 1.54) is 22.4 Å². The van der Waals surface area contributed by atoms with Crippen LogP contribution < -0.4 is 24.2 Å². The van der Waals surface area contributed by atoms with E-state index in [0.717, 1.165) is 75.4 Å². The van der Waals surface area contributed by atoms with E-state index < -0.39 is 0 Å². The molecule has 1 amide bonds. The summed E-state index contributed by atoms with van der Waals surface area (Å²) in [4.78, 5) is 23.3. The number of phenolic OH excluding ortho intramolecular Hbond substituents is 1. The zero-order valence-electron chi connectivity index (χ0n) is 34.0. The van der Waals surface area contributed by atoms with Crippen LogP contribution in [0, 0.1) is 0 Å². The second-order valence-corrected chi connectivity index (χ2v) is 16.6. The lowest BCUT2D eigenvalue weighted by Gasteiger charge is -2.43. The fourth-order valence-corrected chi connectivity index (χ4v) is 8.04. The first-order valence-electron chi connectivity index (χ1n) is 20.0. The third-order valence-corrected chi connectivity index (χ3v) is 11.3. The molecule has 294 valence electrons. The molecule has 3 aromatic rings. The number of morpholine rings is 1. The number of fused-ring (bicyclic) bond motifs is 6. The van der Waals surface area contributed by atoms with Crippen LogP contribution in [0.5, 0.6) is 17.2 Å². The number of aromatic hydroxyl groups is 1. The predicted molar refractivity (Wildman–Crippen MR) is 219 cm³/mol. The van der Waals surface area contributed by atoms with Gasteiger partial charge in [0.05, 0.1) is 48.9 Å². The molecule has 0 bridgehead atoms. The minimum absolute atomic E-state index is 0.142. The second kappa shape index (κ2) is 17.2. The Bertz CT molecular complexity index is 1750. The van der Waals surface area contributed by atoms with Crippen molar-refractivity contribution in [1.82, 2.24) is 9.80 Å². The van der Waals surface area contributed by atoms with Gasteiger partial charge in [0.15, 0.2) is 0 Å². The van der Waals surface area contributed by atoms with Gasteiger partial charge in [-0.3, -0.25) is 9.69 Å². The van der Waals surface area contributed by atoms with Gasteiger partial charge in [-0.2, -0.15) is 0 Å². The Labute approximate surface area is 323 Å². The Balaban J connectivity index is 0.000000138. The highest BCUT2D eigenvalue weighted by molar-refractivity contribution is 5.98. The van der Waals surface area contributed by atoms with Crippen LogP contribution in [0.4, 0.5) is 17.1 Å². The molecule has 10 nitrogen and oxygen atoms in total. The van der Waals surface area contributed by atoms with Crippen molar-refractivity contribution in [2.75, 3.05) is 94.5 Å². The summed E-state index contributed by atoms with van der Waals surface area (Å²) >= 11 is 0. The lowest BCUT2D eigenvalue weighted by Crippen LogP contribution is -2.59. The van der Waals surface area contributed by atoms with Crippen LogP contribution in [-0.2, 0) is 9.53 Å². The number of amides is 1. The lowest BCUT2D eigenvalue weighted by atomic mass is 10.0. The molecule has 5 aliphatic rings. The molecular formula is C44H63N5O5. The minimum Gasteiger partial charge on any atom is -0.506 e. The smallest absolute Gasteiger partial charge is 0.241 e. The van der Waals surface area contributed by atoms with E-state index in [9.17, 15) is 9.90 Å². The molecule has 10 heteroatoms. The number of benzene rings is 3. The van der Waals surface area contributed by atoms with E-state index in [4.69, 9.17) is 14.2 Å². The van der Waals surface area contributed by atoms with Crippen LogP contribution in [0.1, 0.15) is 82.9 Å². The van der Waals surface area contributed by atoms with E-state index in [1.807, 2.05) is 24.1 Å². The van der Waals surface area contributed by atoms with Gasteiger partial charge in [0, 0.05) is 38.8 Å². The van der Waals surface area contributed by atoms with Crippen molar-refractivity contribution in [3.8, 4) is 17.2 Å². The number of anilines is 3. The molecule has 0 spiro atoms. The van der Waals surface area contributed by atoms with Gasteiger partial charge in [-0.25, -0.2) is 0 Å². The van der Waals surface area contributed by atoms with Crippen molar-refractivity contribution in [1.29, 1.82) is 0 Å². The van der Waals surface area contributed by atoms with E-state index in [-0.39, 0.29) is 11.9 Å². The van der Waals surface area contributed by atoms with Crippen molar-refractivity contribution in [2.24, 2.45) is 0 Å². The minimum atomic E-state index is 0.142. The number of rotatable bonds is 4. The maximum absolute atomic E-state index is 12.2. The van der Waals surface area contributed by atoms with E-state index in [2.05, 4.69) is 118 Å². The summed E-state index contributed by atoms with van der Waals surface area (Å²) in [5.41, 5.74) is 6.92. The van der Waals surface area contributed by atoms with Crippen molar-refractivity contribution in [3.05, 3.63) is 71.3 Å². The third-order valence-electron chi connectivity index (χ3n) is 11.3. The molecule has 3 saturated heterocycles. The largest absolute Gasteiger partial charge is 0.506 e. The zero-order chi connectivity index (χ0) is 38.7. The molecule has 5 aliphatic heterocycles. The van der Waals surface area contributed by atoms with E-state index in [1.54, 1.807) is 0 Å². The third kappa shape index (κ3) is 8.93.